The summed E-state index contributed by atoms with van der Waals surface area (Å²) in [7, 11) is 3.70. The molecule has 0 unspecified atom stereocenters. The first-order chi connectivity index (χ1) is 7.29. The number of anilines is 1. The zero-order chi connectivity index (χ0) is 10.7. The summed E-state index contributed by atoms with van der Waals surface area (Å²) in [4.78, 5) is 4.33. The summed E-state index contributed by atoms with van der Waals surface area (Å²) >= 11 is 0. The molecule has 0 atom stereocenters. The highest BCUT2D eigenvalue weighted by Crippen LogP contribution is 2.07. The largest absolute Gasteiger partial charge is 0.469 e. The molecule has 80 valence electrons. The molecule has 2 rings (SSSR count). The fourth-order valence-electron chi connectivity index (χ4n) is 1.45. The zero-order valence-electron chi connectivity index (χ0n) is 8.90. The van der Waals surface area contributed by atoms with Crippen molar-refractivity contribution in [3.05, 3.63) is 30.0 Å². The first-order valence-corrected chi connectivity index (χ1v) is 4.89. The van der Waals surface area contributed by atoms with Gasteiger partial charge in [-0.15, -0.1) is 0 Å². The number of aromatic nitrogens is 3. The van der Waals surface area contributed by atoms with Gasteiger partial charge in [0.1, 0.15) is 5.76 Å². The van der Waals surface area contributed by atoms with Crippen LogP contribution in [0, 0.1) is 0 Å². The van der Waals surface area contributed by atoms with Crippen LogP contribution in [-0.2, 0) is 19.9 Å². The highest BCUT2D eigenvalue weighted by molar-refractivity contribution is 5.23. The van der Waals surface area contributed by atoms with E-state index in [2.05, 4.69) is 15.4 Å². The van der Waals surface area contributed by atoms with Crippen LogP contribution in [0.5, 0.6) is 0 Å². The number of hydrogen-bond acceptors (Lipinski definition) is 4. The molecule has 2 aromatic heterocycles. The van der Waals surface area contributed by atoms with Crippen LogP contribution >= 0.6 is 0 Å². The van der Waals surface area contributed by atoms with Gasteiger partial charge in [0.2, 0.25) is 5.95 Å². The SMILES string of the molecule is CNc1nc(CCc2ccco2)nn1C. The molecule has 0 spiro atoms. The molecule has 0 fully saturated rings. The number of furan rings is 1. The summed E-state index contributed by atoms with van der Waals surface area (Å²) < 4.78 is 6.97. The van der Waals surface area contributed by atoms with E-state index in [-0.39, 0.29) is 0 Å². The second-order valence-electron chi connectivity index (χ2n) is 3.30. The van der Waals surface area contributed by atoms with Gasteiger partial charge in [-0.2, -0.15) is 10.1 Å². The molecular weight excluding hydrogens is 192 g/mol. The van der Waals surface area contributed by atoms with Gasteiger partial charge in [-0.25, -0.2) is 4.68 Å². The van der Waals surface area contributed by atoms with Crippen LogP contribution < -0.4 is 5.32 Å². The topological polar surface area (TPSA) is 55.9 Å². The molecule has 0 saturated heterocycles. The summed E-state index contributed by atoms with van der Waals surface area (Å²) in [5.74, 6) is 2.58. The van der Waals surface area contributed by atoms with Gasteiger partial charge in [0.15, 0.2) is 5.82 Å². The second kappa shape index (κ2) is 4.16. The van der Waals surface area contributed by atoms with Crippen molar-refractivity contribution in [2.75, 3.05) is 12.4 Å². The van der Waals surface area contributed by atoms with Crippen molar-refractivity contribution >= 4 is 5.95 Å². The Morgan fingerprint density at radius 1 is 1.47 bits per heavy atom. The Kier molecular flexibility index (Phi) is 2.71. The Morgan fingerprint density at radius 2 is 2.33 bits per heavy atom. The van der Waals surface area contributed by atoms with Gasteiger partial charge >= 0.3 is 0 Å². The number of nitrogens with zero attached hydrogens (tertiary/aromatic N) is 3. The minimum Gasteiger partial charge on any atom is -0.469 e. The minimum atomic E-state index is 0.782. The van der Waals surface area contributed by atoms with Gasteiger partial charge in [0.05, 0.1) is 6.26 Å². The molecule has 0 bridgehead atoms. The van der Waals surface area contributed by atoms with Crippen LogP contribution in [0.15, 0.2) is 22.8 Å². The molecule has 0 radical (unpaired) electrons. The lowest BCUT2D eigenvalue weighted by Gasteiger charge is -1.93. The van der Waals surface area contributed by atoms with Gasteiger partial charge in [-0.3, -0.25) is 0 Å². The number of aryl methyl sites for hydroxylation is 3. The summed E-state index contributed by atoms with van der Waals surface area (Å²) in [5.41, 5.74) is 0. The molecule has 2 heterocycles. The van der Waals surface area contributed by atoms with Gasteiger partial charge < -0.3 is 9.73 Å². The lowest BCUT2D eigenvalue weighted by molar-refractivity contribution is 0.506. The van der Waals surface area contributed by atoms with Gasteiger partial charge in [-0.1, -0.05) is 0 Å². The molecule has 1 N–H and O–H groups in total. The van der Waals surface area contributed by atoms with Crippen LogP contribution in [0.3, 0.4) is 0 Å². The normalized spacial score (nSPS) is 10.5. The van der Waals surface area contributed by atoms with E-state index in [1.54, 1.807) is 10.9 Å². The molecule has 0 aliphatic rings. The second-order valence-corrected chi connectivity index (χ2v) is 3.30. The van der Waals surface area contributed by atoms with E-state index >= 15 is 0 Å². The predicted molar refractivity (Wildman–Crippen MR) is 56.7 cm³/mol. The number of hydrogen-bond donors (Lipinski definition) is 1. The van der Waals surface area contributed by atoms with E-state index in [4.69, 9.17) is 4.42 Å². The lowest BCUT2D eigenvalue weighted by atomic mass is 10.2. The average molecular weight is 206 g/mol. The Balaban J connectivity index is 1.99. The van der Waals surface area contributed by atoms with Gasteiger partial charge in [-0.05, 0) is 12.1 Å². The third kappa shape index (κ3) is 2.18. The Labute approximate surface area is 88.1 Å². The van der Waals surface area contributed by atoms with E-state index in [0.717, 1.165) is 30.4 Å². The summed E-state index contributed by atoms with van der Waals surface area (Å²) in [6.45, 7) is 0. The van der Waals surface area contributed by atoms with Crippen molar-refractivity contribution in [3.63, 3.8) is 0 Å². The summed E-state index contributed by atoms with van der Waals surface area (Å²) in [6, 6.07) is 3.85. The Morgan fingerprint density at radius 3 is 2.93 bits per heavy atom. The number of nitrogens with one attached hydrogen (secondary N) is 1. The highest BCUT2D eigenvalue weighted by atomic mass is 16.3. The van der Waals surface area contributed by atoms with E-state index in [1.807, 2.05) is 26.2 Å². The fourth-order valence-corrected chi connectivity index (χ4v) is 1.45. The first-order valence-electron chi connectivity index (χ1n) is 4.89. The van der Waals surface area contributed by atoms with Crippen molar-refractivity contribution in [2.24, 2.45) is 7.05 Å². The van der Waals surface area contributed by atoms with Crippen molar-refractivity contribution in [1.29, 1.82) is 0 Å². The number of rotatable bonds is 4. The van der Waals surface area contributed by atoms with Crippen LogP contribution in [0.4, 0.5) is 5.95 Å². The summed E-state index contributed by atoms with van der Waals surface area (Å²) in [5, 5.41) is 7.26. The average Bonchev–Trinajstić information content (AvgIpc) is 2.83. The third-order valence-electron chi connectivity index (χ3n) is 2.21. The van der Waals surface area contributed by atoms with Gasteiger partial charge in [0, 0.05) is 26.9 Å². The molecule has 0 saturated carbocycles. The summed E-state index contributed by atoms with van der Waals surface area (Å²) in [6.07, 6.45) is 3.31. The molecule has 15 heavy (non-hydrogen) atoms. The monoisotopic (exact) mass is 206 g/mol. The van der Waals surface area contributed by atoms with Crippen molar-refractivity contribution in [1.82, 2.24) is 14.8 Å². The molecular formula is C10H14N4O. The molecule has 0 aliphatic heterocycles. The predicted octanol–water partition coefficient (Wildman–Crippen LogP) is 1.23. The van der Waals surface area contributed by atoms with E-state index in [9.17, 15) is 0 Å². The maximum Gasteiger partial charge on any atom is 0.220 e. The van der Waals surface area contributed by atoms with Crippen molar-refractivity contribution in [2.45, 2.75) is 12.8 Å². The molecule has 5 heteroatoms. The standard InChI is InChI=1S/C10H14N4O/c1-11-10-12-9(13-14(10)2)6-5-8-4-3-7-15-8/h3-4,7H,5-6H2,1-2H3,(H,11,12,13). The Hall–Kier alpha value is -1.78. The maximum atomic E-state index is 5.24. The molecule has 2 aromatic rings. The zero-order valence-corrected chi connectivity index (χ0v) is 8.90. The van der Waals surface area contributed by atoms with E-state index in [1.165, 1.54) is 0 Å². The lowest BCUT2D eigenvalue weighted by Crippen LogP contribution is -1.99. The van der Waals surface area contributed by atoms with Crippen LogP contribution in [-0.4, -0.2) is 21.8 Å². The van der Waals surface area contributed by atoms with Crippen molar-refractivity contribution < 1.29 is 4.42 Å². The van der Waals surface area contributed by atoms with Crippen molar-refractivity contribution in [3.8, 4) is 0 Å². The third-order valence-corrected chi connectivity index (χ3v) is 2.21. The first kappa shape index (κ1) is 9.76. The quantitative estimate of drug-likeness (QED) is 0.817. The van der Waals surface area contributed by atoms with Crippen LogP contribution in [0.25, 0.3) is 0 Å². The smallest absolute Gasteiger partial charge is 0.220 e. The minimum absolute atomic E-state index is 0.782. The van der Waals surface area contributed by atoms with Crippen LogP contribution in [0.1, 0.15) is 11.6 Å². The van der Waals surface area contributed by atoms with E-state index < -0.39 is 0 Å². The van der Waals surface area contributed by atoms with Gasteiger partial charge in [0.25, 0.3) is 0 Å². The molecule has 0 aliphatic carbocycles. The molecule has 5 nitrogen and oxygen atoms in total. The van der Waals surface area contributed by atoms with E-state index in [0.29, 0.717) is 0 Å². The fraction of sp³-hybridized carbons (Fsp3) is 0.400. The molecule has 0 aromatic carbocycles. The Bertz CT molecular complexity index is 419. The van der Waals surface area contributed by atoms with Crippen LogP contribution in [0.2, 0.25) is 0 Å². The molecule has 0 amide bonds. The highest BCUT2D eigenvalue weighted by Gasteiger charge is 2.06. The maximum absolute atomic E-state index is 5.24.